The second-order valence-corrected chi connectivity index (χ2v) is 6.15. The van der Waals surface area contributed by atoms with E-state index >= 15 is 0 Å². The molecule has 0 aliphatic heterocycles. The molecule has 0 bridgehead atoms. The van der Waals surface area contributed by atoms with Crippen molar-refractivity contribution < 1.29 is 14.0 Å². The molecular formula is C19H23FN4O2. The lowest BCUT2D eigenvalue weighted by Crippen LogP contribution is -2.31. The van der Waals surface area contributed by atoms with E-state index in [1.807, 2.05) is 19.0 Å². The number of carbonyl (C=O) groups is 2. The van der Waals surface area contributed by atoms with Gasteiger partial charge in [-0.15, -0.1) is 0 Å². The monoisotopic (exact) mass is 358 g/mol. The lowest BCUT2D eigenvalue weighted by Gasteiger charge is -2.11. The molecule has 0 unspecified atom stereocenters. The van der Waals surface area contributed by atoms with Gasteiger partial charge < -0.3 is 15.5 Å². The zero-order chi connectivity index (χ0) is 18.9. The Kier molecular flexibility index (Phi) is 7.23. The Morgan fingerprint density at radius 1 is 1.00 bits per heavy atom. The van der Waals surface area contributed by atoms with Crippen molar-refractivity contribution >= 4 is 11.8 Å². The average molecular weight is 358 g/mol. The number of halogens is 1. The van der Waals surface area contributed by atoms with Gasteiger partial charge in [-0.25, -0.2) is 4.39 Å². The van der Waals surface area contributed by atoms with Gasteiger partial charge in [0.1, 0.15) is 5.82 Å². The molecule has 0 aliphatic carbocycles. The van der Waals surface area contributed by atoms with Gasteiger partial charge in [-0.1, -0.05) is 12.1 Å². The zero-order valence-corrected chi connectivity index (χ0v) is 15.0. The molecule has 2 rings (SSSR count). The number of nitrogens with one attached hydrogen (secondary N) is 2. The number of aromatic nitrogens is 1. The van der Waals surface area contributed by atoms with Crippen molar-refractivity contribution in [2.45, 2.75) is 6.42 Å². The van der Waals surface area contributed by atoms with Crippen molar-refractivity contribution in [3.63, 3.8) is 0 Å². The summed E-state index contributed by atoms with van der Waals surface area (Å²) in [4.78, 5) is 30.2. The minimum Gasteiger partial charge on any atom is -0.352 e. The van der Waals surface area contributed by atoms with Gasteiger partial charge in [-0.2, -0.15) is 0 Å². The third-order valence-corrected chi connectivity index (χ3v) is 3.72. The van der Waals surface area contributed by atoms with Gasteiger partial charge in [0.15, 0.2) is 0 Å². The van der Waals surface area contributed by atoms with Crippen LogP contribution >= 0.6 is 0 Å². The molecule has 2 amide bonds. The standard InChI is InChI=1S/C19H23FN4O2/c1-24(2)10-9-23-19(26)16-11-15(12-21-13-16)18(25)22-8-7-14-3-5-17(20)6-4-14/h3-6,11-13H,7-10H2,1-2H3,(H,22,25)(H,23,26). The first-order chi connectivity index (χ1) is 12.5. The van der Waals surface area contributed by atoms with Crippen LogP contribution in [0.3, 0.4) is 0 Å². The van der Waals surface area contributed by atoms with E-state index in [-0.39, 0.29) is 17.6 Å². The predicted octanol–water partition coefficient (Wildman–Crippen LogP) is 1.48. The summed E-state index contributed by atoms with van der Waals surface area (Å²) in [5, 5.41) is 5.56. The average Bonchev–Trinajstić information content (AvgIpc) is 2.63. The molecule has 0 atom stereocenters. The quantitative estimate of drug-likeness (QED) is 0.750. The van der Waals surface area contributed by atoms with Crippen LogP contribution in [0.1, 0.15) is 26.3 Å². The first-order valence-corrected chi connectivity index (χ1v) is 8.36. The van der Waals surface area contributed by atoms with Crippen LogP contribution in [0.4, 0.5) is 4.39 Å². The van der Waals surface area contributed by atoms with Gasteiger partial charge in [-0.3, -0.25) is 14.6 Å². The van der Waals surface area contributed by atoms with E-state index in [4.69, 9.17) is 0 Å². The first kappa shape index (κ1) is 19.5. The van der Waals surface area contributed by atoms with E-state index in [9.17, 15) is 14.0 Å². The van der Waals surface area contributed by atoms with Crippen molar-refractivity contribution in [2.75, 3.05) is 33.7 Å². The van der Waals surface area contributed by atoms with Crippen LogP contribution in [0.5, 0.6) is 0 Å². The summed E-state index contributed by atoms with van der Waals surface area (Å²) < 4.78 is 12.9. The molecule has 0 aliphatic rings. The van der Waals surface area contributed by atoms with Gasteiger partial charge in [0, 0.05) is 32.0 Å². The van der Waals surface area contributed by atoms with Crippen LogP contribution in [0.25, 0.3) is 0 Å². The molecule has 0 fully saturated rings. The molecule has 1 heterocycles. The second kappa shape index (κ2) is 9.62. The van der Waals surface area contributed by atoms with Crippen molar-refractivity contribution in [1.82, 2.24) is 20.5 Å². The fraction of sp³-hybridized carbons (Fsp3) is 0.316. The summed E-state index contributed by atoms with van der Waals surface area (Å²) >= 11 is 0. The minimum atomic E-state index is -0.303. The zero-order valence-electron chi connectivity index (χ0n) is 15.0. The smallest absolute Gasteiger partial charge is 0.252 e. The number of likely N-dealkylation sites (N-methyl/N-ethyl adjacent to an activating group) is 1. The summed E-state index contributed by atoms with van der Waals surface area (Å²) in [5.41, 5.74) is 1.60. The highest BCUT2D eigenvalue weighted by Gasteiger charge is 2.11. The third kappa shape index (κ3) is 6.25. The van der Waals surface area contributed by atoms with E-state index in [1.54, 1.807) is 12.1 Å². The molecular weight excluding hydrogens is 335 g/mol. The molecule has 138 valence electrons. The summed E-state index contributed by atoms with van der Waals surface area (Å²) in [7, 11) is 3.84. The number of amides is 2. The Hall–Kier alpha value is -2.80. The SMILES string of the molecule is CN(C)CCNC(=O)c1cncc(C(=O)NCCc2ccc(F)cc2)c1. The number of pyridine rings is 1. The summed E-state index contributed by atoms with van der Waals surface area (Å²) in [5.74, 6) is -0.854. The molecule has 2 N–H and O–H groups in total. The topological polar surface area (TPSA) is 74.3 Å². The normalized spacial score (nSPS) is 10.6. The third-order valence-electron chi connectivity index (χ3n) is 3.72. The summed E-state index contributed by atoms with van der Waals surface area (Å²) in [6, 6.07) is 7.66. The van der Waals surface area contributed by atoms with Gasteiger partial charge >= 0.3 is 0 Å². The van der Waals surface area contributed by atoms with Crippen LogP contribution in [0.15, 0.2) is 42.7 Å². The number of carbonyl (C=O) groups excluding carboxylic acids is 2. The van der Waals surface area contributed by atoms with Gasteiger partial charge in [-0.05, 0) is 44.3 Å². The molecule has 0 saturated carbocycles. The highest BCUT2D eigenvalue weighted by Crippen LogP contribution is 2.05. The number of hydrogen-bond donors (Lipinski definition) is 2. The molecule has 6 nitrogen and oxygen atoms in total. The predicted molar refractivity (Wildman–Crippen MR) is 97.6 cm³/mol. The maximum atomic E-state index is 12.9. The van der Waals surface area contributed by atoms with Crippen molar-refractivity contribution in [1.29, 1.82) is 0 Å². The molecule has 1 aromatic heterocycles. The molecule has 2 aromatic rings. The van der Waals surface area contributed by atoms with Crippen molar-refractivity contribution in [3.05, 3.63) is 65.2 Å². The molecule has 0 radical (unpaired) electrons. The van der Waals surface area contributed by atoms with E-state index in [1.165, 1.54) is 30.6 Å². The fourth-order valence-corrected chi connectivity index (χ4v) is 2.26. The highest BCUT2D eigenvalue weighted by molar-refractivity contribution is 5.99. The Balaban J connectivity index is 1.86. The Bertz CT molecular complexity index is 747. The second-order valence-electron chi connectivity index (χ2n) is 6.15. The van der Waals surface area contributed by atoms with Crippen molar-refractivity contribution in [3.8, 4) is 0 Å². The van der Waals surface area contributed by atoms with E-state index < -0.39 is 0 Å². The Morgan fingerprint density at radius 2 is 1.58 bits per heavy atom. The van der Waals surface area contributed by atoms with Crippen LogP contribution in [-0.2, 0) is 6.42 Å². The largest absolute Gasteiger partial charge is 0.352 e. The number of benzene rings is 1. The maximum Gasteiger partial charge on any atom is 0.252 e. The molecule has 1 aromatic carbocycles. The van der Waals surface area contributed by atoms with Gasteiger partial charge in [0.25, 0.3) is 11.8 Å². The Morgan fingerprint density at radius 3 is 2.15 bits per heavy atom. The molecule has 26 heavy (non-hydrogen) atoms. The molecule has 7 heteroatoms. The molecule has 0 spiro atoms. The van der Waals surface area contributed by atoms with Crippen LogP contribution in [0, 0.1) is 5.82 Å². The fourth-order valence-electron chi connectivity index (χ4n) is 2.26. The van der Waals surface area contributed by atoms with Crippen LogP contribution < -0.4 is 10.6 Å². The van der Waals surface area contributed by atoms with E-state index in [0.717, 1.165) is 12.1 Å². The van der Waals surface area contributed by atoms with Crippen LogP contribution in [0.2, 0.25) is 0 Å². The lowest BCUT2D eigenvalue weighted by molar-refractivity contribution is 0.0950. The molecule has 0 saturated heterocycles. The lowest BCUT2D eigenvalue weighted by atomic mass is 10.1. The van der Waals surface area contributed by atoms with Gasteiger partial charge in [0.05, 0.1) is 11.1 Å². The summed E-state index contributed by atoms with van der Waals surface area (Å²) in [6.45, 7) is 1.65. The maximum absolute atomic E-state index is 12.9. The summed E-state index contributed by atoms with van der Waals surface area (Å²) in [6.07, 6.45) is 3.44. The van der Waals surface area contributed by atoms with E-state index in [0.29, 0.717) is 30.6 Å². The van der Waals surface area contributed by atoms with E-state index in [2.05, 4.69) is 15.6 Å². The number of nitrogens with zero attached hydrogens (tertiary/aromatic N) is 2. The van der Waals surface area contributed by atoms with Gasteiger partial charge in [0.2, 0.25) is 0 Å². The Labute approximate surface area is 152 Å². The first-order valence-electron chi connectivity index (χ1n) is 8.36. The van der Waals surface area contributed by atoms with Crippen molar-refractivity contribution in [2.24, 2.45) is 0 Å². The number of hydrogen-bond acceptors (Lipinski definition) is 4. The number of rotatable bonds is 8. The highest BCUT2D eigenvalue weighted by atomic mass is 19.1. The minimum absolute atomic E-state index is 0.264. The van der Waals surface area contributed by atoms with Crippen LogP contribution in [-0.4, -0.2) is 55.4 Å².